The number of ether oxygens (including phenoxy) is 2. The highest BCUT2D eigenvalue weighted by molar-refractivity contribution is 9.10. The summed E-state index contributed by atoms with van der Waals surface area (Å²) in [6.07, 6.45) is 5.26. The number of hydrogen-bond donors (Lipinski definition) is 3. The van der Waals surface area contributed by atoms with Crippen LogP contribution in [0.15, 0.2) is 34.9 Å². The van der Waals surface area contributed by atoms with Crippen LogP contribution in [0.5, 0.6) is 5.75 Å². The van der Waals surface area contributed by atoms with Gasteiger partial charge in [0.1, 0.15) is 23.8 Å². The van der Waals surface area contributed by atoms with E-state index in [0.717, 1.165) is 35.8 Å². The second-order valence-electron chi connectivity index (χ2n) is 9.98. The van der Waals surface area contributed by atoms with Crippen LogP contribution >= 0.6 is 15.9 Å². The highest BCUT2D eigenvalue weighted by atomic mass is 79.9. The van der Waals surface area contributed by atoms with Gasteiger partial charge in [0.05, 0.1) is 11.0 Å². The molecule has 2 aromatic rings. The van der Waals surface area contributed by atoms with Crippen molar-refractivity contribution in [2.75, 3.05) is 43.9 Å². The van der Waals surface area contributed by atoms with Crippen LogP contribution in [0, 0.1) is 5.92 Å². The monoisotopic (exact) mass is 576 g/mol. The second kappa shape index (κ2) is 13.5. The standard InChI is InChI=1S/C26H37BrN6O4/c1-26(2,3)37-25(35)29-14-16-36-20-11-9-19(10-12-20)31-24-30-17-21(27)22(32-24)28-13-6-15-33(4)23(34)18-7-5-8-18/h9-12,17-18H,5-8,13-16H2,1-4H3,(H,29,35)(H2,28,30,31,32). The van der Waals surface area contributed by atoms with Crippen LogP contribution in [0.2, 0.25) is 0 Å². The molecule has 1 aromatic carbocycles. The summed E-state index contributed by atoms with van der Waals surface area (Å²) in [6.45, 7) is 7.50. The number of aromatic nitrogens is 2. The van der Waals surface area contributed by atoms with E-state index < -0.39 is 11.7 Å². The summed E-state index contributed by atoms with van der Waals surface area (Å²) in [5.41, 5.74) is 0.278. The molecule has 0 aliphatic heterocycles. The van der Waals surface area contributed by atoms with Gasteiger partial charge in [0.15, 0.2) is 0 Å². The van der Waals surface area contributed by atoms with Crippen molar-refractivity contribution in [3.8, 4) is 5.75 Å². The van der Waals surface area contributed by atoms with Crippen LogP contribution in [-0.4, -0.2) is 65.8 Å². The molecule has 1 heterocycles. The van der Waals surface area contributed by atoms with E-state index in [0.29, 0.717) is 43.8 Å². The van der Waals surface area contributed by atoms with Crippen molar-refractivity contribution in [3.63, 3.8) is 0 Å². The molecule has 37 heavy (non-hydrogen) atoms. The number of hydrogen-bond acceptors (Lipinski definition) is 8. The molecule has 1 saturated carbocycles. The summed E-state index contributed by atoms with van der Waals surface area (Å²) in [6, 6.07) is 7.39. The van der Waals surface area contributed by atoms with E-state index in [1.807, 2.05) is 57.0 Å². The van der Waals surface area contributed by atoms with Gasteiger partial charge in [-0.25, -0.2) is 9.78 Å². The van der Waals surface area contributed by atoms with Crippen LogP contribution in [0.3, 0.4) is 0 Å². The van der Waals surface area contributed by atoms with Crippen molar-refractivity contribution in [2.24, 2.45) is 5.92 Å². The van der Waals surface area contributed by atoms with E-state index in [2.05, 4.69) is 41.8 Å². The van der Waals surface area contributed by atoms with E-state index in [9.17, 15) is 9.59 Å². The van der Waals surface area contributed by atoms with E-state index in [1.165, 1.54) is 0 Å². The van der Waals surface area contributed by atoms with Gasteiger partial charge in [-0.15, -0.1) is 0 Å². The van der Waals surface area contributed by atoms with Gasteiger partial charge in [-0.2, -0.15) is 4.98 Å². The molecule has 3 rings (SSSR count). The maximum atomic E-state index is 12.3. The van der Waals surface area contributed by atoms with Crippen LogP contribution in [0.25, 0.3) is 0 Å². The van der Waals surface area contributed by atoms with Gasteiger partial charge in [0, 0.05) is 37.9 Å². The summed E-state index contributed by atoms with van der Waals surface area (Å²) in [7, 11) is 1.88. The normalized spacial score (nSPS) is 13.3. The van der Waals surface area contributed by atoms with Crippen LogP contribution in [-0.2, 0) is 9.53 Å². The number of nitrogens with zero attached hydrogens (tertiary/aromatic N) is 3. The van der Waals surface area contributed by atoms with Gasteiger partial charge >= 0.3 is 6.09 Å². The molecule has 1 aliphatic carbocycles. The Kier molecular flexibility index (Phi) is 10.4. The van der Waals surface area contributed by atoms with E-state index in [-0.39, 0.29) is 11.8 Å². The Morgan fingerprint density at radius 1 is 1.16 bits per heavy atom. The summed E-state index contributed by atoms with van der Waals surface area (Å²) >= 11 is 3.49. The largest absolute Gasteiger partial charge is 0.492 e. The first-order valence-electron chi connectivity index (χ1n) is 12.6. The molecule has 0 radical (unpaired) electrons. The molecule has 0 atom stereocenters. The molecule has 2 amide bonds. The predicted octanol–water partition coefficient (Wildman–Crippen LogP) is 4.95. The lowest BCUT2D eigenvalue weighted by atomic mass is 9.84. The van der Waals surface area contributed by atoms with Crippen LogP contribution in [0.1, 0.15) is 46.5 Å². The molecule has 0 saturated heterocycles. The van der Waals surface area contributed by atoms with E-state index in [4.69, 9.17) is 9.47 Å². The Labute approximate surface area is 227 Å². The summed E-state index contributed by atoms with van der Waals surface area (Å²) in [5, 5.41) is 9.16. The minimum absolute atomic E-state index is 0.226. The third kappa shape index (κ3) is 9.71. The van der Waals surface area contributed by atoms with Gasteiger partial charge in [-0.05, 0) is 80.2 Å². The van der Waals surface area contributed by atoms with E-state index >= 15 is 0 Å². The van der Waals surface area contributed by atoms with Crippen LogP contribution < -0.4 is 20.7 Å². The number of halogens is 1. The highest BCUT2D eigenvalue weighted by Gasteiger charge is 2.27. The maximum absolute atomic E-state index is 12.3. The highest BCUT2D eigenvalue weighted by Crippen LogP contribution is 2.28. The van der Waals surface area contributed by atoms with Gasteiger partial charge < -0.3 is 30.3 Å². The average molecular weight is 578 g/mol. The zero-order chi connectivity index (χ0) is 26.8. The molecule has 11 heteroatoms. The minimum Gasteiger partial charge on any atom is -0.492 e. The molecule has 0 spiro atoms. The number of alkyl carbamates (subject to hydrolysis) is 1. The fourth-order valence-electron chi connectivity index (χ4n) is 3.55. The Balaban J connectivity index is 1.40. The summed E-state index contributed by atoms with van der Waals surface area (Å²) in [4.78, 5) is 34.6. The quantitative estimate of drug-likeness (QED) is 0.304. The number of rotatable bonds is 12. The van der Waals surface area contributed by atoms with Crippen molar-refractivity contribution >= 4 is 45.4 Å². The SMILES string of the molecule is CN(CCCNc1nc(Nc2ccc(OCCNC(=O)OC(C)(C)C)cc2)ncc1Br)C(=O)C1CCC1. The Hall–Kier alpha value is -3.08. The van der Waals surface area contributed by atoms with Crippen molar-refractivity contribution < 1.29 is 19.1 Å². The molecule has 10 nitrogen and oxygen atoms in total. The van der Waals surface area contributed by atoms with E-state index in [1.54, 1.807) is 6.20 Å². The first-order chi connectivity index (χ1) is 17.6. The Morgan fingerprint density at radius 2 is 1.89 bits per heavy atom. The lowest BCUT2D eigenvalue weighted by molar-refractivity contribution is -0.136. The molecule has 3 N–H and O–H groups in total. The number of carbonyl (C=O) groups is 2. The third-order valence-corrected chi connectivity index (χ3v) is 6.27. The number of amides is 2. The summed E-state index contributed by atoms with van der Waals surface area (Å²) < 4.78 is 11.6. The van der Waals surface area contributed by atoms with Crippen LogP contribution in [0.4, 0.5) is 22.2 Å². The van der Waals surface area contributed by atoms with Gasteiger partial charge in [0.2, 0.25) is 11.9 Å². The Morgan fingerprint density at radius 3 is 2.54 bits per heavy atom. The molecule has 1 aromatic heterocycles. The average Bonchev–Trinajstić information content (AvgIpc) is 2.80. The summed E-state index contributed by atoms with van der Waals surface area (Å²) in [5.74, 6) is 2.30. The van der Waals surface area contributed by atoms with Crippen molar-refractivity contribution in [2.45, 2.75) is 52.1 Å². The van der Waals surface area contributed by atoms with Gasteiger partial charge in [-0.3, -0.25) is 4.79 Å². The second-order valence-corrected chi connectivity index (χ2v) is 10.8. The molecular formula is C26H37BrN6O4. The number of carbonyl (C=O) groups excluding carboxylic acids is 2. The number of benzene rings is 1. The minimum atomic E-state index is -0.531. The fraction of sp³-hybridized carbons (Fsp3) is 0.538. The zero-order valence-electron chi connectivity index (χ0n) is 22.0. The molecular weight excluding hydrogens is 540 g/mol. The van der Waals surface area contributed by atoms with Gasteiger partial charge in [-0.1, -0.05) is 6.42 Å². The fourth-order valence-corrected chi connectivity index (χ4v) is 3.88. The molecule has 0 unspecified atom stereocenters. The number of nitrogens with one attached hydrogen (secondary N) is 3. The lowest BCUT2D eigenvalue weighted by Gasteiger charge is -2.29. The van der Waals surface area contributed by atoms with Crippen molar-refractivity contribution in [3.05, 3.63) is 34.9 Å². The van der Waals surface area contributed by atoms with Gasteiger partial charge in [0.25, 0.3) is 0 Å². The Bertz CT molecular complexity index is 1040. The maximum Gasteiger partial charge on any atom is 0.407 e. The zero-order valence-corrected chi connectivity index (χ0v) is 23.6. The molecule has 1 fully saturated rings. The molecule has 202 valence electrons. The molecule has 1 aliphatic rings. The smallest absolute Gasteiger partial charge is 0.407 e. The lowest BCUT2D eigenvalue weighted by Crippen LogP contribution is -2.37. The first-order valence-corrected chi connectivity index (χ1v) is 13.4. The number of anilines is 3. The topological polar surface area (TPSA) is 118 Å². The van der Waals surface area contributed by atoms with Crippen molar-refractivity contribution in [1.29, 1.82) is 0 Å². The third-order valence-electron chi connectivity index (χ3n) is 5.69. The predicted molar refractivity (Wildman–Crippen MR) is 147 cm³/mol. The first kappa shape index (κ1) is 28.5. The molecule has 0 bridgehead atoms. The van der Waals surface area contributed by atoms with Crippen molar-refractivity contribution in [1.82, 2.24) is 20.2 Å².